The Morgan fingerprint density at radius 2 is 1.88 bits per heavy atom. The normalized spacial score (nSPS) is 13.1. The number of benzene rings is 2. The molecule has 0 bridgehead atoms. The van der Waals surface area contributed by atoms with Crippen LogP contribution in [0.3, 0.4) is 0 Å². The molecule has 2 aromatic rings. The van der Waals surface area contributed by atoms with E-state index in [1.807, 2.05) is 12.1 Å². The van der Waals surface area contributed by atoms with Gasteiger partial charge in [0.15, 0.2) is 0 Å². The minimum atomic E-state index is 0.349. The van der Waals surface area contributed by atoms with E-state index in [9.17, 15) is 5.11 Å². The first-order chi connectivity index (χ1) is 7.74. The lowest BCUT2D eigenvalue weighted by molar-refractivity contribution is 0.474. The third-order valence-electron chi connectivity index (χ3n) is 2.90. The minimum Gasteiger partial charge on any atom is -0.508 e. The highest BCUT2D eigenvalue weighted by atomic mass is 32.2. The fourth-order valence-corrected chi connectivity index (χ4v) is 3.20. The van der Waals surface area contributed by atoms with Crippen molar-refractivity contribution in [2.24, 2.45) is 0 Å². The number of phenolic OH excluding ortho intramolecular Hbond substituents is 1. The summed E-state index contributed by atoms with van der Waals surface area (Å²) in [5.41, 5.74) is 5.24. The van der Waals surface area contributed by atoms with Gasteiger partial charge in [0.25, 0.3) is 0 Å². The first-order valence-corrected chi connectivity index (χ1v) is 6.28. The van der Waals surface area contributed by atoms with Gasteiger partial charge in [-0.3, -0.25) is 0 Å². The summed E-state index contributed by atoms with van der Waals surface area (Å²) < 4.78 is 0. The van der Waals surface area contributed by atoms with Crippen LogP contribution in [0.25, 0.3) is 11.1 Å². The highest BCUT2D eigenvalue weighted by Crippen LogP contribution is 2.42. The Balaban J connectivity index is 2.23. The molecule has 0 aromatic heterocycles. The van der Waals surface area contributed by atoms with Gasteiger partial charge in [0.1, 0.15) is 5.75 Å². The third kappa shape index (κ3) is 1.50. The second-order valence-electron chi connectivity index (χ2n) is 4.13. The van der Waals surface area contributed by atoms with Crippen molar-refractivity contribution in [2.45, 2.75) is 17.6 Å². The third-order valence-corrected chi connectivity index (χ3v) is 4.00. The summed E-state index contributed by atoms with van der Waals surface area (Å²) in [4.78, 5) is 1.18. The topological polar surface area (TPSA) is 20.2 Å². The highest BCUT2D eigenvalue weighted by molar-refractivity contribution is 7.98. The second-order valence-corrected chi connectivity index (χ2v) is 5.15. The van der Waals surface area contributed by atoms with Crippen molar-refractivity contribution in [3.63, 3.8) is 0 Å². The van der Waals surface area contributed by atoms with Crippen LogP contribution in [0.5, 0.6) is 5.75 Å². The maximum Gasteiger partial charge on any atom is 0.116 e. The Hall–Kier alpha value is -1.41. The van der Waals surface area contributed by atoms with Crippen LogP contribution in [-0.4, -0.2) is 5.11 Å². The molecule has 1 aliphatic heterocycles. The number of aromatic hydroxyl groups is 1. The molecule has 0 amide bonds. The van der Waals surface area contributed by atoms with E-state index in [1.54, 1.807) is 17.8 Å². The van der Waals surface area contributed by atoms with Gasteiger partial charge in [-0.1, -0.05) is 23.8 Å². The van der Waals surface area contributed by atoms with Crippen molar-refractivity contribution < 1.29 is 5.11 Å². The smallest absolute Gasteiger partial charge is 0.116 e. The average Bonchev–Trinajstić information content (AvgIpc) is 2.28. The van der Waals surface area contributed by atoms with E-state index < -0.39 is 0 Å². The van der Waals surface area contributed by atoms with E-state index in [4.69, 9.17) is 0 Å². The number of hydrogen-bond acceptors (Lipinski definition) is 2. The zero-order valence-electron chi connectivity index (χ0n) is 9.03. The van der Waals surface area contributed by atoms with Gasteiger partial charge < -0.3 is 5.11 Å². The molecular weight excluding hydrogens is 216 g/mol. The Labute approximate surface area is 99.1 Å². The summed E-state index contributed by atoms with van der Waals surface area (Å²) in [7, 11) is 0. The molecule has 0 saturated heterocycles. The van der Waals surface area contributed by atoms with Gasteiger partial charge in [-0.25, -0.2) is 0 Å². The molecule has 2 heteroatoms. The van der Waals surface area contributed by atoms with E-state index in [-0.39, 0.29) is 0 Å². The van der Waals surface area contributed by atoms with Gasteiger partial charge in [0, 0.05) is 10.6 Å². The Morgan fingerprint density at radius 1 is 1.06 bits per heavy atom. The van der Waals surface area contributed by atoms with E-state index in [0.29, 0.717) is 5.75 Å². The molecule has 0 atom stereocenters. The highest BCUT2D eigenvalue weighted by Gasteiger charge is 2.16. The van der Waals surface area contributed by atoms with E-state index in [0.717, 1.165) is 5.75 Å². The molecule has 1 aliphatic rings. The van der Waals surface area contributed by atoms with Crippen LogP contribution in [0.4, 0.5) is 0 Å². The quantitative estimate of drug-likeness (QED) is 0.736. The fraction of sp³-hybridized carbons (Fsp3) is 0.143. The number of rotatable bonds is 0. The molecule has 3 rings (SSSR count). The van der Waals surface area contributed by atoms with Crippen LogP contribution < -0.4 is 0 Å². The van der Waals surface area contributed by atoms with Gasteiger partial charge in [0.05, 0.1) is 0 Å². The molecular formula is C14H12OS. The Bertz CT molecular complexity index is 509. The van der Waals surface area contributed by atoms with Crippen molar-refractivity contribution in [3.05, 3.63) is 47.5 Å². The lowest BCUT2D eigenvalue weighted by atomic mass is 9.98. The molecule has 0 aliphatic carbocycles. The first-order valence-electron chi connectivity index (χ1n) is 5.30. The fourth-order valence-electron chi connectivity index (χ4n) is 2.11. The van der Waals surface area contributed by atoms with Crippen LogP contribution in [0, 0.1) is 6.92 Å². The van der Waals surface area contributed by atoms with Gasteiger partial charge >= 0.3 is 0 Å². The van der Waals surface area contributed by atoms with Crippen molar-refractivity contribution in [3.8, 4) is 16.9 Å². The molecule has 16 heavy (non-hydrogen) atoms. The number of fused-ring (bicyclic) bond motifs is 3. The van der Waals surface area contributed by atoms with E-state index in [1.165, 1.54) is 27.1 Å². The molecule has 1 N–H and O–H groups in total. The van der Waals surface area contributed by atoms with Crippen molar-refractivity contribution >= 4 is 11.8 Å². The monoisotopic (exact) mass is 228 g/mol. The molecule has 0 fully saturated rings. The number of hydrogen-bond donors (Lipinski definition) is 1. The average molecular weight is 228 g/mol. The summed E-state index contributed by atoms with van der Waals surface area (Å²) in [6, 6.07) is 12.2. The zero-order valence-corrected chi connectivity index (χ0v) is 9.84. The molecule has 0 unspecified atom stereocenters. The SMILES string of the molecule is Cc1ccc2c(c1)CSc1cc(O)ccc1-2. The molecule has 0 radical (unpaired) electrons. The maximum absolute atomic E-state index is 9.47. The molecule has 0 spiro atoms. The predicted molar refractivity (Wildman–Crippen MR) is 67.8 cm³/mol. The van der Waals surface area contributed by atoms with Crippen molar-refractivity contribution in [1.82, 2.24) is 0 Å². The standard InChI is InChI=1S/C14H12OS/c1-9-2-4-12-10(6-9)8-16-14-7-11(15)3-5-13(12)14/h2-7,15H,8H2,1H3. The van der Waals surface area contributed by atoms with E-state index >= 15 is 0 Å². The molecule has 1 nitrogen and oxygen atoms in total. The first kappa shape index (κ1) is 9.79. The summed E-state index contributed by atoms with van der Waals surface area (Å²) in [5, 5.41) is 9.47. The molecule has 2 aromatic carbocycles. The Morgan fingerprint density at radius 3 is 2.75 bits per heavy atom. The number of thioether (sulfide) groups is 1. The number of phenols is 1. The predicted octanol–water partition coefficient (Wildman–Crippen LogP) is 3.97. The maximum atomic E-state index is 9.47. The summed E-state index contributed by atoms with van der Waals surface area (Å²) in [6.07, 6.45) is 0. The van der Waals surface area contributed by atoms with E-state index in [2.05, 4.69) is 25.1 Å². The minimum absolute atomic E-state index is 0.349. The van der Waals surface area contributed by atoms with Gasteiger partial charge in [-0.2, -0.15) is 0 Å². The molecule has 80 valence electrons. The lowest BCUT2D eigenvalue weighted by Crippen LogP contribution is -1.96. The molecule has 1 heterocycles. The van der Waals surface area contributed by atoms with Crippen LogP contribution in [-0.2, 0) is 5.75 Å². The summed E-state index contributed by atoms with van der Waals surface area (Å²) in [6.45, 7) is 2.12. The Kier molecular flexibility index (Phi) is 2.18. The molecule has 0 saturated carbocycles. The second kappa shape index (κ2) is 3.56. The largest absolute Gasteiger partial charge is 0.508 e. The van der Waals surface area contributed by atoms with Gasteiger partial charge in [-0.05, 0) is 41.8 Å². The van der Waals surface area contributed by atoms with Gasteiger partial charge in [-0.15, -0.1) is 11.8 Å². The van der Waals surface area contributed by atoms with Crippen LogP contribution in [0.2, 0.25) is 0 Å². The van der Waals surface area contributed by atoms with Crippen LogP contribution >= 0.6 is 11.8 Å². The van der Waals surface area contributed by atoms with Crippen LogP contribution in [0.1, 0.15) is 11.1 Å². The summed E-state index contributed by atoms with van der Waals surface area (Å²) >= 11 is 1.79. The van der Waals surface area contributed by atoms with Crippen molar-refractivity contribution in [2.75, 3.05) is 0 Å². The lowest BCUT2D eigenvalue weighted by Gasteiger charge is -2.19. The van der Waals surface area contributed by atoms with Crippen LogP contribution in [0.15, 0.2) is 41.3 Å². The van der Waals surface area contributed by atoms with Gasteiger partial charge in [0.2, 0.25) is 0 Å². The van der Waals surface area contributed by atoms with Crippen molar-refractivity contribution in [1.29, 1.82) is 0 Å². The number of aryl methyl sites for hydroxylation is 1. The zero-order chi connectivity index (χ0) is 11.1. The summed E-state index contributed by atoms with van der Waals surface area (Å²) in [5.74, 6) is 1.34.